The van der Waals surface area contributed by atoms with Crippen molar-refractivity contribution in [2.45, 2.75) is 31.8 Å². The van der Waals surface area contributed by atoms with E-state index < -0.39 is 0 Å². The summed E-state index contributed by atoms with van der Waals surface area (Å²) in [5, 5.41) is 9.45. The molecule has 0 bridgehead atoms. The average molecular weight is 463 g/mol. The lowest BCUT2D eigenvalue weighted by atomic mass is 9.92. The maximum atomic E-state index is 5.05. The van der Waals surface area contributed by atoms with Gasteiger partial charge < -0.3 is 9.88 Å². The third kappa shape index (κ3) is 4.30. The normalized spacial score (nSPS) is 15.2. The van der Waals surface area contributed by atoms with Crippen molar-refractivity contribution in [1.29, 1.82) is 0 Å². The van der Waals surface area contributed by atoms with Crippen LogP contribution in [0, 0.1) is 0 Å². The fourth-order valence-electron chi connectivity index (χ4n) is 5.24. The Kier molecular flexibility index (Phi) is 5.74. The number of aromatic nitrogens is 5. The molecule has 1 saturated heterocycles. The molecule has 1 aliphatic rings. The molecule has 5 heterocycles. The minimum Gasteiger partial charge on any atom is -0.366 e. The Morgan fingerprint density at radius 1 is 1.06 bits per heavy atom. The van der Waals surface area contributed by atoms with Gasteiger partial charge in [-0.25, -0.2) is 4.98 Å². The van der Waals surface area contributed by atoms with Crippen molar-refractivity contribution >= 4 is 35.7 Å². The Morgan fingerprint density at radius 2 is 1.91 bits per heavy atom. The molecule has 4 aromatic heterocycles. The number of aryl methyl sites for hydroxylation is 1. The average Bonchev–Trinajstić information content (AvgIpc) is 3.43. The second-order valence-corrected chi connectivity index (χ2v) is 9.65. The number of likely N-dealkylation sites (tertiary alicyclic amines) is 1. The number of benzene rings is 1. The standard InChI is InChI=1S/C27H30BN7/c1-33-22(13-21-6-2-3-7-25(21)33)18-34-11-8-20(9-12-34)24-14-26(30-16-19-5-4-10-29-15-19)35-27(32-24)23(28)17-31-35/h2-7,10,13-15,17,20,30H,8-9,11-12,16,18,28H2,1H3. The van der Waals surface area contributed by atoms with Gasteiger partial charge in [-0.2, -0.15) is 9.61 Å². The lowest BCUT2D eigenvalue weighted by Crippen LogP contribution is -2.33. The van der Waals surface area contributed by atoms with Gasteiger partial charge in [0.25, 0.3) is 0 Å². The van der Waals surface area contributed by atoms with E-state index in [0.29, 0.717) is 12.5 Å². The van der Waals surface area contributed by atoms with Crippen LogP contribution in [0.5, 0.6) is 0 Å². The molecule has 0 spiro atoms. The van der Waals surface area contributed by atoms with Gasteiger partial charge in [-0.1, -0.05) is 24.3 Å². The summed E-state index contributed by atoms with van der Waals surface area (Å²) < 4.78 is 4.25. The molecular weight excluding hydrogens is 433 g/mol. The van der Waals surface area contributed by atoms with Crippen molar-refractivity contribution in [3.05, 3.63) is 84.1 Å². The highest BCUT2D eigenvalue weighted by molar-refractivity contribution is 6.36. The lowest BCUT2D eigenvalue weighted by Gasteiger charge is -2.32. The summed E-state index contributed by atoms with van der Waals surface area (Å²) in [6, 6.07) is 17.2. The first-order valence-electron chi connectivity index (χ1n) is 12.4. The number of fused-ring (bicyclic) bond motifs is 2. The van der Waals surface area contributed by atoms with Crippen LogP contribution in [0.3, 0.4) is 0 Å². The number of hydrogen-bond acceptors (Lipinski definition) is 5. The summed E-state index contributed by atoms with van der Waals surface area (Å²) >= 11 is 0. The second kappa shape index (κ2) is 9.19. The third-order valence-corrected chi connectivity index (χ3v) is 7.31. The Labute approximate surface area is 206 Å². The van der Waals surface area contributed by atoms with Crippen molar-refractivity contribution in [2.75, 3.05) is 18.4 Å². The number of piperidine rings is 1. The summed E-state index contributed by atoms with van der Waals surface area (Å²) in [6.45, 7) is 3.85. The van der Waals surface area contributed by atoms with E-state index in [1.54, 1.807) is 6.20 Å². The maximum absolute atomic E-state index is 5.05. The number of rotatable bonds is 6. The van der Waals surface area contributed by atoms with Crippen LogP contribution in [0.2, 0.25) is 0 Å². The smallest absolute Gasteiger partial charge is 0.151 e. The van der Waals surface area contributed by atoms with Crippen molar-refractivity contribution in [2.24, 2.45) is 7.05 Å². The highest BCUT2D eigenvalue weighted by atomic mass is 15.3. The van der Waals surface area contributed by atoms with E-state index in [9.17, 15) is 0 Å². The van der Waals surface area contributed by atoms with Gasteiger partial charge in [0.2, 0.25) is 0 Å². The summed E-state index contributed by atoms with van der Waals surface area (Å²) in [7, 11) is 4.26. The molecule has 0 saturated carbocycles. The molecule has 1 N–H and O–H groups in total. The minimum absolute atomic E-state index is 0.456. The topological polar surface area (TPSA) is 63.3 Å². The fraction of sp³-hybridized carbons (Fsp3) is 0.296. The van der Waals surface area contributed by atoms with Crippen LogP contribution in [0.15, 0.2) is 67.1 Å². The van der Waals surface area contributed by atoms with Gasteiger partial charge in [0, 0.05) is 67.6 Å². The van der Waals surface area contributed by atoms with Crippen LogP contribution in [0.25, 0.3) is 16.6 Å². The van der Waals surface area contributed by atoms with Gasteiger partial charge in [0.1, 0.15) is 13.7 Å². The van der Waals surface area contributed by atoms with Crippen molar-refractivity contribution < 1.29 is 0 Å². The van der Waals surface area contributed by atoms with Crippen LogP contribution < -0.4 is 10.8 Å². The first-order chi connectivity index (χ1) is 17.2. The van der Waals surface area contributed by atoms with Crippen LogP contribution in [-0.2, 0) is 20.1 Å². The summed E-state index contributed by atoms with van der Waals surface area (Å²) in [6.07, 6.45) is 7.82. The molecule has 1 fully saturated rings. The first-order valence-corrected chi connectivity index (χ1v) is 12.4. The number of para-hydroxylation sites is 1. The van der Waals surface area contributed by atoms with Gasteiger partial charge in [0.05, 0.1) is 0 Å². The molecule has 0 amide bonds. The predicted molar refractivity (Wildman–Crippen MR) is 143 cm³/mol. The van der Waals surface area contributed by atoms with Crippen LogP contribution in [0.4, 0.5) is 5.82 Å². The Bertz CT molecular complexity index is 1470. The molecular formula is C27H30BN7. The number of pyridine rings is 1. The van der Waals surface area contributed by atoms with Gasteiger partial charge in [0.15, 0.2) is 5.65 Å². The molecule has 35 heavy (non-hydrogen) atoms. The van der Waals surface area contributed by atoms with Gasteiger partial charge in [-0.15, -0.1) is 0 Å². The van der Waals surface area contributed by atoms with E-state index in [-0.39, 0.29) is 0 Å². The molecule has 0 radical (unpaired) electrons. The molecule has 5 aromatic rings. The molecule has 0 aliphatic carbocycles. The van der Waals surface area contributed by atoms with E-state index in [1.807, 2.05) is 23.0 Å². The number of nitrogens with one attached hydrogen (secondary N) is 1. The van der Waals surface area contributed by atoms with Gasteiger partial charge in [-0.3, -0.25) is 9.88 Å². The molecule has 176 valence electrons. The van der Waals surface area contributed by atoms with Crippen molar-refractivity contribution in [3.8, 4) is 0 Å². The minimum atomic E-state index is 0.456. The van der Waals surface area contributed by atoms with E-state index in [0.717, 1.165) is 55.0 Å². The Morgan fingerprint density at radius 3 is 2.71 bits per heavy atom. The van der Waals surface area contributed by atoms with E-state index >= 15 is 0 Å². The van der Waals surface area contributed by atoms with E-state index in [4.69, 9.17) is 4.98 Å². The zero-order valence-corrected chi connectivity index (χ0v) is 20.4. The summed E-state index contributed by atoms with van der Waals surface area (Å²) in [4.78, 5) is 11.9. The van der Waals surface area contributed by atoms with Crippen LogP contribution in [0.1, 0.15) is 35.7 Å². The van der Waals surface area contributed by atoms with E-state index in [2.05, 4.69) is 82.2 Å². The molecule has 1 aromatic carbocycles. The lowest BCUT2D eigenvalue weighted by molar-refractivity contribution is 0.200. The molecule has 8 heteroatoms. The zero-order chi connectivity index (χ0) is 23.8. The zero-order valence-electron chi connectivity index (χ0n) is 20.4. The monoisotopic (exact) mass is 463 g/mol. The largest absolute Gasteiger partial charge is 0.366 e. The molecule has 7 nitrogen and oxygen atoms in total. The highest BCUT2D eigenvalue weighted by Gasteiger charge is 2.24. The van der Waals surface area contributed by atoms with Crippen LogP contribution in [-0.4, -0.2) is 50.0 Å². The van der Waals surface area contributed by atoms with E-state index in [1.165, 1.54) is 22.3 Å². The number of anilines is 1. The van der Waals surface area contributed by atoms with Gasteiger partial charge in [-0.05, 0) is 60.5 Å². The molecule has 1 aliphatic heterocycles. The molecule has 0 atom stereocenters. The second-order valence-electron chi connectivity index (χ2n) is 9.65. The SMILES string of the molecule is Bc1cnn2c(NCc3cccnc3)cc(C3CCN(Cc4cc5ccccc5n4C)CC3)nc12. The first kappa shape index (κ1) is 21.9. The van der Waals surface area contributed by atoms with Crippen LogP contribution >= 0.6 is 0 Å². The third-order valence-electron chi connectivity index (χ3n) is 7.31. The Balaban J connectivity index is 1.18. The molecule has 0 unspecified atom stereocenters. The number of hydrogen-bond donors (Lipinski definition) is 1. The summed E-state index contributed by atoms with van der Waals surface area (Å²) in [5.74, 6) is 1.44. The van der Waals surface area contributed by atoms with Gasteiger partial charge >= 0.3 is 0 Å². The fourth-order valence-corrected chi connectivity index (χ4v) is 5.24. The highest BCUT2D eigenvalue weighted by Crippen LogP contribution is 2.30. The Hall–Kier alpha value is -3.65. The number of nitrogens with zero attached hydrogens (tertiary/aromatic N) is 6. The summed E-state index contributed by atoms with van der Waals surface area (Å²) in [5.41, 5.74) is 7.03. The molecule has 6 rings (SSSR count). The van der Waals surface area contributed by atoms with Crippen molar-refractivity contribution in [3.63, 3.8) is 0 Å². The maximum Gasteiger partial charge on any atom is 0.151 e. The quantitative estimate of drug-likeness (QED) is 0.393. The van der Waals surface area contributed by atoms with Crippen molar-refractivity contribution in [1.82, 2.24) is 29.0 Å². The predicted octanol–water partition coefficient (Wildman–Crippen LogP) is 2.87.